The predicted molar refractivity (Wildman–Crippen MR) is 55.5 cm³/mol. The molecule has 0 atom stereocenters. The van der Waals surface area contributed by atoms with Gasteiger partial charge in [0.05, 0.1) is 0 Å². The Morgan fingerprint density at radius 3 is 2.62 bits per heavy atom. The van der Waals surface area contributed by atoms with Crippen molar-refractivity contribution in [3.63, 3.8) is 0 Å². The van der Waals surface area contributed by atoms with E-state index in [1.165, 1.54) is 6.07 Å². The molecule has 0 aliphatic heterocycles. The van der Waals surface area contributed by atoms with Gasteiger partial charge in [-0.2, -0.15) is 4.39 Å². The van der Waals surface area contributed by atoms with Crippen molar-refractivity contribution in [2.24, 2.45) is 5.41 Å². The highest BCUT2D eigenvalue weighted by Gasteiger charge is 2.16. The Morgan fingerprint density at radius 1 is 1.46 bits per heavy atom. The molecule has 0 N–H and O–H groups in total. The summed E-state index contributed by atoms with van der Waals surface area (Å²) < 4.78 is 12.5. The van der Waals surface area contributed by atoms with Crippen LogP contribution in [0.2, 0.25) is 0 Å². The Balaban J connectivity index is 2.69. The summed E-state index contributed by atoms with van der Waals surface area (Å²) >= 11 is 3.45. The molecule has 3 heteroatoms. The van der Waals surface area contributed by atoms with E-state index < -0.39 is 5.95 Å². The number of hydrogen-bond acceptors (Lipinski definition) is 1. The average molecular weight is 246 g/mol. The van der Waals surface area contributed by atoms with E-state index in [-0.39, 0.29) is 5.41 Å². The molecule has 1 nitrogen and oxygen atoms in total. The highest BCUT2D eigenvalue weighted by molar-refractivity contribution is 9.09. The summed E-state index contributed by atoms with van der Waals surface area (Å²) in [5, 5.41) is 0.928. The number of alkyl halides is 1. The molecule has 0 radical (unpaired) electrons. The van der Waals surface area contributed by atoms with Crippen LogP contribution in [-0.2, 0) is 6.42 Å². The molecule has 0 spiro atoms. The molecule has 1 aromatic heterocycles. The molecule has 0 amide bonds. The Bertz CT molecular complexity index is 269. The van der Waals surface area contributed by atoms with Gasteiger partial charge in [0.15, 0.2) is 0 Å². The third kappa shape index (κ3) is 3.43. The smallest absolute Gasteiger partial charge is 0.212 e. The number of aromatic nitrogens is 1. The quantitative estimate of drug-likeness (QED) is 0.589. The molecule has 0 aliphatic rings. The van der Waals surface area contributed by atoms with Gasteiger partial charge in [0.2, 0.25) is 5.95 Å². The maximum atomic E-state index is 12.5. The normalized spacial score (nSPS) is 11.7. The van der Waals surface area contributed by atoms with Gasteiger partial charge in [0.1, 0.15) is 0 Å². The first kappa shape index (κ1) is 10.6. The fourth-order valence-corrected chi connectivity index (χ4v) is 1.31. The molecule has 72 valence electrons. The molecular weight excluding hydrogens is 233 g/mol. The first-order valence-corrected chi connectivity index (χ1v) is 5.32. The summed E-state index contributed by atoms with van der Waals surface area (Å²) in [4.78, 5) is 3.62. The van der Waals surface area contributed by atoms with E-state index in [1.54, 1.807) is 12.3 Å². The van der Waals surface area contributed by atoms with Gasteiger partial charge in [-0.1, -0.05) is 35.8 Å². The van der Waals surface area contributed by atoms with E-state index >= 15 is 0 Å². The molecule has 0 saturated carbocycles. The van der Waals surface area contributed by atoms with E-state index in [0.717, 1.165) is 17.3 Å². The van der Waals surface area contributed by atoms with Crippen LogP contribution in [0.5, 0.6) is 0 Å². The monoisotopic (exact) mass is 245 g/mol. The van der Waals surface area contributed by atoms with Gasteiger partial charge in [0.25, 0.3) is 0 Å². The van der Waals surface area contributed by atoms with Crippen LogP contribution in [0, 0.1) is 11.4 Å². The zero-order chi connectivity index (χ0) is 9.90. The van der Waals surface area contributed by atoms with Crippen LogP contribution in [0.25, 0.3) is 0 Å². The Labute approximate surface area is 86.5 Å². The molecule has 0 aliphatic carbocycles. The summed E-state index contributed by atoms with van der Waals surface area (Å²) in [6.45, 7) is 4.32. The van der Waals surface area contributed by atoms with Crippen molar-refractivity contribution in [1.29, 1.82) is 0 Å². The van der Waals surface area contributed by atoms with Crippen molar-refractivity contribution >= 4 is 15.9 Å². The largest absolute Gasteiger partial charge is 0.228 e. The molecular formula is C10H13BrFN. The summed E-state index contributed by atoms with van der Waals surface area (Å²) in [5.74, 6) is -0.416. The number of hydrogen-bond donors (Lipinski definition) is 0. The standard InChI is InChI=1S/C10H13BrFN/c1-10(2,7-11)5-8-3-4-9(12)13-6-8/h3-4,6H,5,7H2,1-2H3. The first-order chi connectivity index (χ1) is 6.03. The highest BCUT2D eigenvalue weighted by Crippen LogP contribution is 2.23. The van der Waals surface area contributed by atoms with Crippen molar-refractivity contribution in [2.75, 3.05) is 5.33 Å². The Morgan fingerprint density at radius 2 is 2.15 bits per heavy atom. The Kier molecular flexibility index (Phi) is 3.42. The van der Waals surface area contributed by atoms with Gasteiger partial charge in [-0.25, -0.2) is 4.98 Å². The second-order valence-corrected chi connectivity index (χ2v) is 4.52. The van der Waals surface area contributed by atoms with Crippen LogP contribution in [0.1, 0.15) is 19.4 Å². The maximum absolute atomic E-state index is 12.5. The third-order valence-corrected chi connectivity index (χ3v) is 3.35. The maximum Gasteiger partial charge on any atom is 0.212 e. The van der Waals surface area contributed by atoms with Crippen LogP contribution in [-0.4, -0.2) is 10.3 Å². The summed E-state index contributed by atoms with van der Waals surface area (Å²) in [6, 6.07) is 3.19. The molecule has 0 aromatic carbocycles. The number of nitrogens with zero attached hydrogens (tertiary/aromatic N) is 1. The SMILES string of the molecule is CC(C)(CBr)Cc1ccc(F)nc1. The number of rotatable bonds is 3. The molecule has 0 unspecified atom stereocenters. The van der Waals surface area contributed by atoms with Gasteiger partial charge in [-0.15, -0.1) is 0 Å². The van der Waals surface area contributed by atoms with Gasteiger partial charge in [-0.3, -0.25) is 0 Å². The summed E-state index contributed by atoms with van der Waals surface area (Å²) in [5.41, 5.74) is 1.27. The molecule has 0 saturated heterocycles. The third-order valence-electron chi connectivity index (χ3n) is 1.83. The van der Waals surface area contributed by atoms with Crippen molar-refractivity contribution in [1.82, 2.24) is 4.98 Å². The van der Waals surface area contributed by atoms with E-state index in [1.807, 2.05) is 0 Å². The van der Waals surface area contributed by atoms with Crippen LogP contribution in [0.15, 0.2) is 18.3 Å². The topological polar surface area (TPSA) is 12.9 Å². The van der Waals surface area contributed by atoms with Gasteiger partial charge < -0.3 is 0 Å². The van der Waals surface area contributed by atoms with Crippen LogP contribution < -0.4 is 0 Å². The predicted octanol–water partition coefficient (Wildman–Crippen LogP) is 3.18. The minimum absolute atomic E-state index is 0.194. The average Bonchev–Trinajstić information content (AvgIpc) is 2.09. The lowest BCUT2D eigenvalue weighted by molar-refractivity contribution is 0.423. The lowest BCUT2D eigenvalue weighted by atomic mass is 9.89. The van der Waals surface area contributed by atoms with E-state index in [4.69, 9.17) is 0 Å². The van der Waals surface area contributed by atoms with Crippen molar-refractivity contribution in [3.05, 3.63) is 29.8 Å². The van der Waals surface area contributed by atoms with Gasteiger partial charge in [0, 0.05) is 11.5 Å². The second-order valence-electron chi connectivity index (χ2n) is 3.96. The lowest BCUT2D eigenvalue weighted by Gasteiger charge is -2.20. The van der Waals surface area contributed by atoms with E-state index in [0.29, 0.717) is 0 Å². The van der Waals surface area contributed by atoms with Crippen molar-refractivity contribution < 1.29 is 4.39 Å². The van der Waals surface area contributed by atoms with Crippen LogP contribution >= 0.6 is 15.9 Å². The fraction of sp³-hybridized carbons (Fsp3) is 0.500. The molecule has 1 aromatic rings. The second kappa shape index (κ2) is 4.18. The first-order valence-electron chi connectivity index (χ1n) is 4.20. The zero-order valence-corrected chi connectivity index (χ0v) is 9.44. The number of pyridine rings is 1. The number of halogens is 2. The molecule has 0 bridgehead atoms. The van der Waals surface area contributed by atoms with Crippen molar-refractivity contribution in [2.45, 2.75) is 20.3 Å². The summed E-state index contributed by atoms with van der Waals surface area (Å²) in [6.07, 6.45) is 2.51. The lowest BCUT2D eigenvalue weighted by Crippen LogP contribution is -2.16. The van der Waals surface area contributed by atoms with E-state index in [2.05, 4.69) is 34.8 Å². The molecule has 1 heterocycles. The fourth-order valence-electron chi connectivity index (χ4n) is 1.11. The molecule has 1 rings (SSSR count). The van der Waals surface area contributed by atoms with Crippen LogP contribution in [0.3, 0.4) is 0 Å². The van der Waals surface area contributed by atoms with Gasteiger partial charge in [-0.05, 0) is 23.5 Å². The minimum Gasteiger partial charge on any atom is -0.228 e. The summed E-state index contributed by atoms with van der Waals surface area (Å²) in [7, 11) is 0. The minimum atomic E-state index is -0.416. The van der Waals surface area contributed by atoms with Crippen LogP contribution in [0.4, 0.5) is 4.39 Å². The zero-order valence-electron chi connectivity index (χ0n) is 7.85. The molecule has 0 fully saturated rings. The van der Waals surface area contributed by atoms with E-state index in [9.17, 15) is 4.39 Å². The van der Waals surface area contributed by atoms with Gasteiger partial charge >= 0.3 is 0 Å². The molecule has 13 heavy (non-hydrogen) atoms. The van der Waals surface area contributed by atoms with Crippen molar-refractivity contribution in [3.8, 4) is 0 Å². The Hall–Kier alpha value is -0.440. The highest BCUT2D eigenvalue weighted by atomic mass is 79.9.